The highest BCUT2D eigenvalue weighted by Crippen LogP contribution is 2.18. The zero-order valence-electron chi connectivity index (χ0n) is 12.0. The molecule has 0 bridgehead atoms. The number of nitrogens with zero attached hydrogens (tertiary/aromatic N) is 1. The number of hydrogen-bond acceptors (Lipinski definition) is 3. The van der Waals surface area contributed by atoms with Crippen molar-refractivity contribution in [3.8, 4) is 5.75 Å². The van der Waals surface area contributed by atoms with E-state index in [9.17, 15) is 14.7 Å². The molecule has 0 spiro atoms. The van der Waals surface area contributed by atoms with E-state index >= 15 is 0 Å². The molecular formula is C16H19NO4. The Kier molecular flexibility index (Phi) is 4.98. The molecular weight excluding hydrogens is 270 g/mol. The number of aliphatic carboxylic acids is 1. The van der Waals surface area contributed by atoms with E-state index in [1.165, 1.54) is 11.0 Å². The molecule has 1 aliphatic heterocycles. The van der Waals surface area contributed by atoms with Crippen molar-refractivity contribution in [2.45, 2.75) is 25.3 Å². The van der Waals surface area contributed by atoms with Crippen molar-refractivity contribution in [2.75, 3.05) is 13.7 Å². The quantitative estimate of drug-likeness (QED) is 0.863. The van der Waals surface area contributed by atoms with Crippen molar-refractivity contribution in [1.82, 2.24) is 4.90 Å². The molecule has 21 heavy (non-hydrogen) atoms. The fourth-order valence-electron chi connectivity index (χ4n) is 2.46. The molecule has 0 saturated carbocycles. The van der Waals surface area contributed by atoms with Gasteiger partial charge in [-0.3, -0.25) is 4.79 Å². The van der Waals surface area contributed by atoms with Crippen molar-refractivity contribution in [1.29, 1.82) is 0 Å². The molecule has 5 nitrogen and oxygen atoms in total. The first-order valence-electron chi connectivity index (χ1n) is 6.97. The summed E-state index contributed by atoms with van der Waals surface area (Å²) < 4.78 is 5.12. The van der Waals surface area contributed by atoms with Gasteiger partial charge in [-0.1, -0.05) is 12.1 Å². The van der Waals surface area contributed by atoms with E-state index in [0.29, 0.717) is 18.7 Å². The minimum absolute atomic E-state index is 0.259. The van der Waals surface area contributed by atoms with E-state index < -0.39 is 12.0 Å². The van der Waals surface area contributed by atoms with Crippen LogP contribution in [-0.4, -0.2) is 41.6 Å². The third-order valence-electron chi connectivity index (χ3n) is 3.58. The van der Waals surface area contributed by atoms with Gasteiger partial charge in [0.2, 0.25) is 5.91 Å². The van der Waals surface area contributed by atoms with Crippen molar-refractivity contribution in [3.05, 3.63) is 35.9 Å². The smallest absolute Gasteiger partial charge is 0.326 e. The van der Waals surface area contributed by atoms with Crippen molar-refractivity contribution in [2.24, 2.45) is 0 Å². The van der Waals surface area contributed by atoms with Crippen LogP contribution in [0.2, 0.25) is 0 Å². The maximum atomic E-state index is 12.2. The average molecular weight is 289 g/mol. The fourth-order valence-corrected chi connectivity index (χ4v) is 2.46. The van der Waals surface area contributed by atoms with Gasteiger partial charge in [0.15, 0.2) is 0 Å². The lowest BCUT2D eigenvalue weighted by Crippen LogP contribution is -2.47. The van der Waals surface area contributed by atoms with Crippen molar-refractivity contribution < 1.29 is 19.4 Å². The van der Waals surface area contributed by atoms with E-state index in [1.54, 1.807) is 13.2 Å². The van der Waals surface area contributed by atoms with Crippen LogP contribution in [0.15, 0.2) is 30.3 Å². The molecule has 1 heterocycles. The predicted molar refractivity (Wildman–Crippen MR) is 79.0 cm³/mol. The molecule has 1 amide bonds. The Hall–Kier alpha value is -2.30. The number of rotatable bonds is 4. The van der Waals surface area contributed by atoms with Crippen LogP contribution in [0.5, 0.6) is 5.75 Å². The summed E-state index contributed by atoms with van der Waals surface area (Å²) in [6.07, 6.45) is 5.32. The molecule has 0 radical (unpaired) electrons. The number of likely N-dealkylation sites (tertiary alicyclic amines) is 1. The highest BCUT2D eigenvalue weighted by Gasteiger charge is 2.30. The number of carboxylic acid groups (broad SMARTS) is 1. The maximum absolute atomic E-state index is 12.2. The van der Waals surface area contributed by atoms with E-state index in [1.807, 2.05) is 24.3 Å². The first-order chi connectivity index (χ1) is 10.1. The molecule has 112 valence electrons. The Labute approximate surface area is 123 Å². The predicted octanol–water partition coefficient (Wildman–Crippen LogP) is 2.17. The van der Waals surface area contributed by atoms with Gasteiger partial charge in [0.05, 0.1) is 7.11 Å². The molecule has 1 N–H and O–H groups in total. The topological polar surface area (TPSA) is 66.8 Å². The average Bonchev–Trinajstić information content (AvgIpc) is 2.52. The molecule has 1 fully saturated rings. The number of carboxylic acids is 1. The Balaban J connectivity index is 2.08. The van der Waals surface area contributed by atoms with Gasteiger partial charge in [-0.15, -0.1) is 0 Å². The van der Waals surface area contributed by atoms with Crippen molar-refractivity contribution in [3.63, 3.8) is 0 Å². The summed E-state index contributed by atoms with van der Waals surface area (Å²) in [4.78, 5) is 24.8. The summed E-state index contributed by atoms with van der Waals surface area (Å²) in [5.41, 5.74) is 0.839. The highest BCUT2D eigenvalue weighted by molar-refractivity contribution is 5.94. The minimum atomic E-state index is -0.933. The molecule has 5 heteroatoms. The number of carbonyl (C=O) groups is 2. The molecule has 2 rings (SSSR count). The molecule has 0 unspecified atom stereocenters. The zero-order valence-corrected chi connectivity index (χ0v) is 12.0. The third kappa shape index (κ3) is 3.84. The van der Waals surface area contributed by atoms with Crippen LogP contribution in [-0.2, 0) is 9.59 Å². The summed E-state index contributed by atoms with van der Waals surface area (Å²) in [6.45, 7) is 0.498. The van der Waals surface area contributed by atoms with Gasteiger partial charge in [-0.05, 0) is 43.0 Å². The summed E-state index contributed by atoms with van der Waals surface area (Å²) in [7, 11) is 1.58. The van der Waals surface area contributed by atoms with Crippen molar-refractivity contribution >= 4 is 18.0 Å². The number of piperidine rings is 1. The van der Waals surface area contributed by atoms with E-state index in [0.717, 1.165) is 18.4 Å². The second-order valence-electron chi connectivity index (χ2n) is 4.99. The lowest BCUT2D eigenvalue weighted by Gasteiger charge is -2.32. The molecule has 1 aliphatic rings. The van der Waals surface area contributed by atoms with Gasteiger partial charge in [-0.25, -0.2) is 4.79 Å². The van der Waals surface area contributed by atoms with Crippen LogP contribution in [0.25, 0.3) is 6.08 Å². The molecule has 1 saturated heterocycles. The maximum Gasteiger partial charge on any atom is 0.326 e. The SMILES string of the molecule is COc1cccc(C=CC(=O)N2CCCC[C@@H]2C(=O)O)c1. The molecule has 1 aromatic carbocycles. The van der Waals surface area contributed by atoms with Gasteiger partial charge in [-0.2, -0.15) is 0 Å². The Bertz CT molecular complexity index is 553. The first kappa shape index (κ1) is 15.1. The number of carbonyl (C=O) groups excluding carboxylic acids is 1. The van der Waals surface area contributed by atoms with Gasteiger partial charge in [0.1, 0.15) is 11.8 Å². The third-order valence-corrected chi connectivity index (χ3v) is 3.58. The number of methoxy groups -OCH3 is 1. The normalized spacial score (nSPS) is 18.7. The second-order valence-corrected chi connectivity index (χ2v) is 4.99. The largest absolute Gasteiger partial charge is 0.497 e. The number of benzene rings is 1. The van der Waals surface area contributed by atoms with Crippen LogP contribution in [0, 0.1) is 0 Å². The number of amides is 1. The van der Waals surface area contributed by atoms with E-state index in [4.69, 9.17) is 4.74 Å². The summed E-state index contributed by atoms with van der Waals surface area (Å²) in [6, 6.07) is 6.63. The number of ether oxygens (including phenoxy) is 1. The second kappa shape index (κ2) is 6.92. The lowest BCUT2D eigenvalue weighted by molar-refractivity contribution is -0.150. The Morgan fingerprint density at radius 1 is 1.38 bits per heavy atom. The van der Waals surface area contributed by atoms with Crippen LogP contribution >= 0.6 is 0 Å². The molecule has 0 aliphatic carbocycles. The first-order valence-corrected chi connectivity index (χ1v) is 6.97. The van der Waals surface area contributed by atoms with Crippen LogP contribution in [0.3, 0.4) is 0 Å². The lowest BCUT2D eigenvalue weighted by atomic mass is 10.0. The summed E-state index contributed by atoms with van der Waals surface area (Å²) >= 11 is 0. The summed E-state index contributed by atoms with van der Waals surface area (Å²) in [5, 5.41) is 9.18. The van der Waals surface area contributed by atoms with Gasteiger partial charge in [0.25, 0.3) is 0 Å². The van der Waals surface area contributed by atoms with Crippen LogP contribution < -0.4 is 4.74 Å². The van der Waals surface area contributed by atoms with Crippen LogP contribution in [0.4, 0.5) is 0 Å². The number of hydrogen-bond donors (Lipinski definition) is 1. The van der Waals surface area contributed by atoms with Gasteiger partial charge in [0, 0.05) is 12.6 Å². The summed E-state index contributed by atoms with van der Waals surface area (Å²) in [5.74, 6) is -0.478. The fraction of sp³-hybridized carbons (Fsp3) is 0.375. The molecule has 1 aromatic rings. The minimum Gasteiger partial charge on any atom is -0.497 e. The monoisotopic (exact) mass is 289 g/mol. The highest BCUT2D eigenvalue weighted by atomic mass is 16.5. The van der Waals surface area contributed by atoms with Gasteiger partial charge < -0.3 is 14.7 Å². The van der Waals surface area contributed by atoms with E-state index in [2.05, 4.69) is 0 Å². The van der Waals surface area contributed by atoms with E-state index in [-0.39, 0.29) is 5.91 Å². The Morgan fingerprint density at radius 3 is 2.90 bits per heavy atom. The molecule has 0 aromatic heterocycles. The van der Waals surface area contributed by atoms with Gasteiger partial charge >= 0.3 is 5.97 Å². The Morgan fingerprint density at radius 2 is 2.19 bits per heavy atom. The zero-order chi connectivity index (χ0) is 15.2. The van der Waals surface area contributed by atoms with Crippen LogP contribution in [0.1, 0.15) is 24.8 Å². The molecule has 1 atom stereocenters. The standard InChI is InChI=1S/C16H19NO4/c1-21-13-6-4-5-12(11-13)8-9-15(18)17-10-3-2-7-14(17)16(19)20/h4-6,8-9,11,14H,2-3,7,10H2,1H3,(H,19,20)/t14-/m1/s1.